The molecule has 0 spiro atoms. The zero-order valence-electron chi connectivity index (χ0n) is 11.4. The average Bonchev–Trinajstić information content (AvgIpc) is 3.03. The van der Waals surface area contributed by atoms with E-state index < -0.39 is 0 Å². The van der Waals surface area contributed by atoms with Gasteiger partial charge in [0, 0.05) is 30.2 Å². The molecule has 0 aliphatic carbocycles. The maximum atomic E-state index is 12.5. The van der Waals surface area contributed by atoms with E-state index in [1.54, 1.807) is 0 Å². The van der Waals surface area contributed by atoms with Crippen LogP contribution in [0.25, 0.3) is 11.0 Å². The number of carbonyl (C=O) groups is 1. The molecule has 1 amide bonds. The first kappa shape index (κ1) is 12.1. The summed E-state index contributed by atoms with van der Waals surface area (Å²) in [7, 11) is 0. The number of fused-ring (bicyclic) bond motifs is 3. The number of nitrogens with one attached hydrogen (secondary N) is 1. The minimum absolute atomic E-state index is 0.0774. The number of hydrogen-bond acceptors (Lipinski definition) is 3. The molecule has 1 aliphatic heterocycles. The van der Waals surface area contributed by atoms with Gasteiger partial charge in [-0.15, -0.1) is 0 Å². The fourth-order valence-corrected chi connectivity index (χ4v) is 2.89. The largest absolute Gasteiger partial charge is 0.334 e. The zero-order valence-corrected chi connectivity index (χ0v) is 11.4. The van der Waals surface area contributed by atoms with Crippen LogP contribution < -0.4 is 0 Å². The Balaban J connectivity index is 1.66. The van der Waals surface area contributed by atoms with Gasteiger partial charge in [-0.05, 0) is 29.7 Å². The van der Waals surface area contributed by atoms with Crippen LogP contribution >= 0.6 is 0 Å². The molecule has 3 aromatic rings. The van der Waals surface area contributed by atoms with Crippen LogP contribution in [0.1, 0.15) is 21.5 Å². The summed E-state index contributed by atoms with van der Waals surface area (Å²) >= 11 is 0. The van der Waals surface area contributed by atoms with Crippen molar-refractivity contribution in [3.63, 3.8) is 0 Å². The Morgan fingerprint density at radius 1 is 1.19 bits per heavy atom. The van der Waals surface area contributed by atoms with Crippen molar-refractivity contribution >= 4 is 16.9 Å². The third-order valence-corrected chi connectivity index (χ3v) is 3.98. The maximum Gasteiger partial charge on any atom is 0.254 e. The van der Waals surface area contributed by atoms with E-state index in [9.17, 15) is 4.79 Å². The second-order valence-corrected chi connectivity index (χ2v) is 5.24. The number of amides is 1. The van der Waals surface area contributed by atoms with E-state index in [4.69, 9.17) is 0 Å². The number of carbonyl (C=O) groups excluding carboxylic acids is 1. The van der Waals surface area contributed by atoms with Gasteiger partial charge in [0.1, 0.15) is 0 Å². The van der Waals surface area contributed by atoms with Crippen LogP contribution in [-0.2, 0) is 13.0 Å². The molecular weight excluding hydrogens is 264 g/mol. The Morgan fingerprint density at radius 2 is 2.05 bits per heavy atom. The van der Waals surface area contributed by atoms with Crippen molar-refractivity contribution in [3.05, 3.63) is 59.4 Å². The molecule has 0 radical (unpaired) electrons. The van der Waals surface area contributed by atoms with Gasteiger partial charge in [0.2, 0.25) is 0 Å². The summed E-state index contributed by atoms with van der Waals surface area (Å²) in [5, 5.41) is 8.00. The van der Waals surface area contributed by atoms with Gasteiger partial charge in [-0.25, -0.2) is 4.98 Å². The molecule has 0 bridgehead atoms. The second kappa shape index (κ2) is 4.70. The van der Waals surface area contributed by atoms with Gasteiger partial charge >= 0.3 is 0 Å². The highest BCUT2D eigenvalue weighted by Crippen LogP contribution is 2.25. The van der Waals surface area contributed by atoms with Crippen molar-refractivity contribution in [2.75, 3.05) is 6.54 Å². The molecule has 0 fully saturated rings. The first-order valence-electron chi connectivity index (χ1n) is 6.97. The van der Waals surface area contributed by atoms with E-state index in [0.717, 1.165) is 35.1 Å². The van der Waals surface area contributed by atoms with E-state index in [1.165, 1.54) is 5.56 Å². The van der Waals surface area contributed by atoms with Crippen LogP contribution in [0.4, 0.5) is 0 Å². The topological polar surface area (TPSA) is 61.9 Å². The molecule has 0 saturated carbocycles. The summed E-state index contributed by atoms with van der Waals surface area (Å²) in [6.45, 7) is 1.34. The lowest BCUT2D eigenvalue weighted by Crippen LogP contribution is -2.36. The molecule has 4 rings (SSSR count). The molecule has 3 heterocycles. The van der Waals surface area contributed by atoms with E-state index in [0.29, 0.717) is 6.54 Å². The van der Waals surface area contributed by atoms with Gasteiger partial charge < -0.3 is 4.90 Å². The normalized spacial score (nSPS) is 14.2. The summed E-state index contributed by atoms with van der Waals surface area (Å²) < 4.78 is 0. The molecule has 5 heteroatoms. The van der Waals surface area contributed by atoms with Crippen LogP contribution in [0.5, 0.6) is 0 Å². The predicted octanol–water partition coefficient (Wildman–Crippen LogP) is 2.16. The number of aromatic amines is 1. The fourth-order valence-electron chi connectivity index (χ4n) is 2.89. The molecule has 104 valence electrons. The fraction of sp³-hybridized carbons (Fsp3) is 0.188. The third-order valence-electron chi connectivity index (χ3n) is 3.98. The molecule has 0 atom stereocenters. The molecule has 0 unspecified atom stereocenters. The highest BCUT2D eigenvalue weighted by molar-refractivity contribution is 5.94. The summed E-state index contributed by atoms with van der Waals surface area (Å²) in [6.07, 6.45) is 4.50. The SMILES string of the molecule is O=C(c1ccccc1)N1CCc2c(cnc3[nH]ncc23)C1. The van der Waals surface area contributed by atoms with Gasteiger partial charge in [-0.3, -0.25) is 9.89 Å². The molecule has 1 aromatic carbocycles. The lowest BCUT2D eigenvalue weighted by Gasteiger charge is -2.29. The molecule has 1 N–H and O–H groups in total. The van der Waals surface area contributed by atoms with Gasteiger partial charge in [0.25, 0.3) is 5.91 Å². The molecule has 0 saturated heterocycles. The lowest BCUT2D eigenvalue weighted by molar-refractivity contribution is 0.0735. The minimum atomic E-state index is 0.0774. The van der Waals surface area contributed by atoms with Crippen LogP contribution in [-0.4, -0.2) is 32.5 Å². The lowest BCUT2D eigenvalue weighted by atomic mass is 9.98. The second-order valence-electron chi connectivity index (χ2n) is 5.24. The van der Waals surface area contributed by atoms with Crippen molar-refractivity contribution in [2.24, 2.45) is 0 Å². The summed E-state index contributed by atoms with van der Waals surface area (Å²) in [4.78, 5) is 18.8. The maximum absolute atomic E-state index is 12.5. The Kier molecular flexibility index (Phi) is 2.70. The van der Waals surface area contributed by atoms with Crippen molar-refractivity contribution < 1.29 is 4.79 Å². The van der Waals surface area contributed by atoms with Crippen molar-refractivity contribution in [2.45, 2.75) is 13.0 Å². The van der Waals surface area contributed by atoms with Crippen LogP contribution in [0, 0.1) is 0 Å². The third kappa shape index (κ3) is 1.98. The van der Waals surface area contributed by atoms with Crippen molar-refractivity contribution in [1.82, 2.24) is 20.1 Å². The number of aromatic nitrogens is 3. The number of benzene rings is 1. The van der Waals surface area contributed by atoms with Crippen LogP contribution in [0.3, 0.4) is 0 Å². The molecule has 1 aliphatic rings. The zero-order chi connectivity index (χ0) is 14.2. The first-order valence-corrected chi connectivity index (χ1v) is 6.97. The number of nitrogens with zero attached hydrogens (tertiary/aromatic N) is 3. The Bertz CT molecular complexity index is 810. The highest BCUT2D eigenvalue weighted by atomic mass is 16.2. The number of H-pyrrole nitrogens is 1. The first-order chi connectivity index (χ1) is 10.3. The van der Waals surface area contributed by atoms with E-state index in [-0.39, 0.29) is 5.91 Å². The predicted molar refractivity (Wildman–Crippen MR) is 78.8 cm³/mol. The summed E-state index contributed by atoms with van der Waals surface area (Å²) in [5.74, 6) is 0.0774. The van der Waals surface area contributed by atoms with Gasteiger partial charge in [0.15, 0.2) is 5.65 Å². The number of rotatable bonds is 1. The van der Waals surface area contributed by atoms with Crippen LogP contribution in [0.2, 0.25) is 0 Å². The average molecular weight is 278 g/mol. The summed E-state index contributed by atoms with van der Waals surface area (Å²) in [6, 6.07) is 9.41. The number of pyridine rings is 1. The minimum Gasteiger partial charge on any atom is -0.334 e. The van der Waals surface area contributed by atoms with E-state index in [1.807, 2.05) is 47.6 Å². The van der Waals surface area contributed by atoms with Gasteiger partial charge in [-0.2, -0.15) is 5.10 Å². The van der Waals surface area contributed by atoms with Gasteiger partial charge in [0.05, 0.1) is 6.20 Å². The molecular formula is C16H14N4O. The quantitative estimate of drug-likeness (QED) is 0.742. The van der Waals surface area contributed by atoms with Crippen molar-refractivity contribution in [3.8, 4) is 0 Å². The highest BCUT2D eigenvalue weighted by Gasteiger charge is 2.23. The molecule has 5 nitrogen and oxygen atoms in total. The Labute approximate surface area is 121 Å². The van der Waals surface area contributed by atoms with Crippen LogP contribution in [0.15, 0.2) is 42.7 Å². The number of hydrogen-bond donors (Lipinski definition) is 1. The Hall–Kier alpha value is -2.69. The summed E-state index contributed by atoms with van der Waals surface area (Å²) in [5.41, 5.74) is 3.92. The van der Waals surface area contributed by atoms with E-state index >= 15 is 0 Å². The smallest absolute Gasteiger partial charge is 0.254 e. The monoisotopic (exact) mass is 278 g/mol. The van der Waals surface area contributed by atoms with E-state index in [2.05, 4.69) is 15.2 Å². The van der Waals surface area contributed by atoms with Crippen molar-refractivity contribution in [1.29, 1.82) is 0 Å². The molecule has 2 aromatic heterocycles. The standard InChI is InChI=1S/C16H14N4O/c21-16(11-4-2-1-3-5-11)20-7-6-13-12(10-20)8-17-15-14(13)9-18-19-15/h1-5,8-9H,6-7,10H2,(H,17,18,19). The molecule has 21 heavy (non-hydrogen) atoms. The van der Waals surface area contributed by atoms with Gasteiger partial charge in [-0.1, -0.05) is 18.2 Å². The Morgan fingerprint density at radius 3 is 2.90 bits per heavy atom.